The predicted molar refractivity (Wildman–Crippen MR) is 101 cm³/mol. The number of pyridine rings is 1. The Balaban J connectivity index is 2.05. The molecule has 0 aliphatic carbocycles. The number of aryl methyl sites for hydroxylation is 1. The van der Waals surface area contributed by atoms with Crippen molar-refractivity contribution in [3.05, 3.63) is 53.7 Å². The number of rotatable bonds is 8. The molecule has 2 rings (SSSR count). The van der Waals surface area contributed by atoms with Crippen LogP contribution in [0.1, 0.15) is 49.0 Å². The van der Waals surface area contributed by atoms with Crippen molar-refractivity contribution in [1.82, 2.24) is 4.98 Å². The number of nitrogens with zero attached hydrogens (tertiary/aromatic N) is 2. The summed E-state index contributed by atoms with van der Waals surface area (Å²) in [5.74, 6) is 0.800. The molecule has 0 radical (unpaired) electrons. The highest BCUT2D eigenvalue weighted by molar-refractivity contribution is 6.06. The van der Waals surface area contributed by atoms with Gasteiger partial charge in [0.2, 0.25) is 0 Å². The standard InChI is InChI=1S/C20H27N3O/c1-4-6-7-13-21-19-12-11-17(15-22-19)20(24)23(5-2)18-10-8-9-16(3)14-18/h8-12,14-15H,4-7,13H2,1-3H3,(H,21,22). The van der Waals surface area contributed by atoms with Crippen LogP contribution in [0.5, 0.6) is 0 Å². The minimum atomic E-state index is -0.0202. The van der Waals surface area contributed by atoms with Crippen molar-refractivity contribution in [2.75, 3.05) is 23.3 Å². The highest BCUT2D eigenvalue weighted by atomic mass is 16.2. The third-order valence-corrected chi connectivity index (χ3v) is 3.97. The van der Waals surface area contributed by atoms with Gasteiger partial charge in [0.25, 0.3) is 5.91 Å². The average molecular weight is 325 g/mol. The molecule has 1 heterocycles. The summed E-state index contributed by atoms with van der Waals surface area (Å²) in [6.45, 7) is 7.74. The lowest BCUT2D eigenvalue weighted by molar-refractivity contribution is 0.0988. The van der Waals surface area contributed by atoms with Crippen LogP contribution < -0.4 is 10.2 Å². The molecule has 1 aromatic heterocycles. The molecule has 0 fully saturated rings. The molecule has 0 atom stereocenters. The SMILES string of the molecule is CCCCCNc1ccc(C(=O)N(CC)c2cccc(C)c2)cn1. The fraction of sp³-hybridized carbons (Fsp3) is 0.400. The van der Waals surface area contributed by atoms with Gasteiger partial charge < -0.3 is 10.2 Å². The number of anilines is 2. The van der Waals surface area contributed by atoms with Crippen LogP contribution in [0.25, 0.3) is 0 Å². The first kappa shape index (κ1) is 18.0. The van der Waals surface area contributed by atoms with Gasteiger partial charge in [-0.15, -0.1) is 0 Å². The zero-order valence-electron chi connectivity index (χ0n) is 14.9. The third kappa shape index (κ3) is 4.82. The van der Waals surface area contributed by atoms with E-state index in [0.29, 0.717) is 12.1 Å². The van der Waals surface area contributed by atoms with Gasteiger partial charge in [0.05, 0.1) is 5.56 Å². The number of hydrogen-bond acceptors (Lipinski definition) is 3. The van der Waals surface area contributed by atoms with Crippen molar-refractivity contribution in [1.29, 1.82) is 0 Å². The summed E-state index contributed by atoms with van der Waals surface area (Å²) in [5.41, 5.74) is 2.67. The van der Waals surface area contributed by atoms with Gasteiger partial charge in [0, 0.05) is 25.0 Å². The second kappa shape index (κ2) is 9.06. The summed E-state index contributed by atoms with van der Waals surface area (Å²) in [5, 5.41) is 3.29. The zero-order chi connectivity index (χ0) is 17.4. The van der Waals surface area contributed by atoms with E-state index in [1.54, 1.807) is 11.1 Å². The Morgan fingerprint density at radius 1 is 1.17 bits per heavy atom. The molecule has 0 aliphatic heterocycles. The lowest BCUT2D eigenvalue weighted by atomic mass is 10.1. The van der Waals surface area contributed by atoms with Gasteiger partial charge in [0.15, 0.2) is 0 Å². The van der Waals surface area contributed by atoms with Gasteiger partial charge in [-0.1, -0.05) is 31.9 Å². The van der Waals surface area contributed by atoms with E-state index in [0.717, 1.165) is 30.0 Å². The monoisotopic (exact) mass is 325 g/mol. The maximum Gasteiger partial charge on any atom is 0.259 e. The molecule has 4 heteroatoms. The number of benzene rings is 1. The van der Waals surface area contributed by atoms with E-state index in [4.69, 9.17) is 0 Å². The number of unbranched alkanes of at least 4 members (excludes halogenated alkanes) is 2. The summed E-state index contributed by atoms with van der Waals surface area (Å²) < 4.78 is 0. The fourth-order valence-corrected chi connectivity index (χ4v) is 2.61. The molecule has 4 nitrogen and oxygen atoms in total. The highest BCUT2D eigenvalue weighted by Gasteiger charge is 2.16. The molecule has 0 bridgehead atoms. The van der Waals surface area contributed by atoms with Crippen molar-refractivity contribution >= 4 is 17.4 Å². The number of nitrogens with one attached hydrogen (secondary N) is 1. The van der Waals surface area contributed by atoms with Crippen molar-refractivity contribution in [3.8, 4) is 0 Å². The van der Waals surface area contributed by atoms with Crippen molar-refractivity contribution in [2.45, 2.75) is 40.0 Å². The number of carbonyl (C=O) groups excluding carboxylic acids is 1. The minimum Gasteiger partial charge on any atom is -0.370 e. The van der Waals surface area contributed by atoms with Crippen LogP contribution in [0.2, 0.25) is 0 Å². The minimum absolute atomic E-state index is 0.0202. The predicted octanol–water partition coefficient (Wildman–Crippen LogP) is 4.66. The molecule has 0 saturated carbocycles. The van der Waals surface area contributed by atoms with Crippen LogP contribution in [0.15, 0.2) is 42.6 Å². The molecule has 0 spiro atoms. The normalized spacial score (nSPS) is 10.5. The van der Waals surface area contributed by atoms with E-state index < -0.39 is 0 Å². The van der Waals surface area contributed by atoms with E-state index in [1.165, 1.54) is 12.8 Å². The van der Waals surface area contributed by atoms with E-state index in [9.17, 15) is 4.79 Å². The molecular formula is C20H27N3O. The number of hydrogen-bond donors (Lipinski definition) is 1. The Morgan fingerprint density at radius 3 is 2.62 bits per heavy atom. The van der Waals surface area contributed by atoms with Crippen LogP contribution >= 0.6 is 0 Å². The van der Waals surface area contributed by atoms with Gasteiger partial charge in [-0.05, 0) is 50.1 Å². The van der Waals surface area contributed by atoms with E-state index in [1.807, 2.05) is 50.2 Å². The first-order valence-electron chi connectivity index (χ1n) is 8.74. The first-order valence-corrected chi connectivity index (χ1v) is 8.74. The number of aromatic nitrogens is 1. The van der Waals surface area contributed by atoms with Gasteiger partial charge in [-0.25, -0.2) is 4.98 Å². The maximum atomic E-state index is 12.8. The van der Waals surface area contributed by atoms with Crippen LogP contribution in [0.3, 0.4) is 0 Å². The fourth-order valence-electron chi connectivity index (χ4n) is 2.61. The lowest BCUT2D eigenvalue weighted by Crippen LogP contribution is -2.30. The second-order valence-electron chi connectivity index (χ2n) is 5.95. The number of carbonyl (C=O) groups is 1. The Kier molecular flexibility index (Phi) is 6.79. The van der Waals surface area contributed by atoms with Gasteiger partial charge >= 0.3 is 0 Å². The van der Waals surface area contributed by atoms with Gasteiger partial charge in [-0.3, -0.25) is 4.79 Å². The van der Waals surface area contributed by atoms with Crippen molar-refractivity contribution in [2.24, 2.45) is 0 Å². The Hall–Kier alpha value is -2.36. The van der Waals surface area contributed by atoms with Crippen LogP contribution in [-0.2, 0) is 0 Å². The van der Waals surface area contributed by atoms with E-state index >= 15 is 0 Å². The first-order chi connectivity index (χ1) is 11.7. The van der Waals surface area contributed by atoms with Crippen LogP contribution in [-0.4, -0.2) is 24.0 Å². The molecule has 1 amide bonds. The zero-order valence-corrected chi connectivity index (χ0v) is 14.9. The van der Waals surface area contributed by atoms with E-state index in [2.05, 4.69) is 17.2 Å². The smallest absolute Gasteiger partial charge is 0.259 e. The molecule has 128 valence electrons. The van der Waals surface area contributed by atoms with Gasteiger partial charge in [-0.2, -0.15) is 0 Å². The van der Waals surface area contributed by atoms with Crippen molar-refractivity contribution < 1.29 is 4.79 Å². The maximum absolute atomic E-state index is 12.8. The third-order valence-electron chi connectivity index (χ3n) is 3.97. The summed E-state index contributed by atoms with van der Waals surface area (Å²) >= 11 is 0. The van der Waals surface area contributed by atoms with Crippen molar-refractivity contribution in [3.63, 3.8) is 0 Å². The molecular weight excluding hydrogens is 298 g/mol. The molecule has 1 aromatic carbocycles. The number of amides is 1. The van der Waals surface area contributed by atoms with Crippen LogP contribution in [0.4, 0.5) is 11.5 Å². The Morgan fingerprint density at radius 2 is 2.00 bits per heavy atom. The molecule has 1 N–H and O–H groups in total. The topological polar surface area (TPSA) is 45.2 Å². The summed E-state index contributed by atoms with van der Waals surface area (Å²) in [7, 11) is 0. The molecule has 24 heavy (non-hydrogen) atoms. The Labute approximate surface area is 144 Å². The van der Waals surface area contributed by atoms with E-state index in [-0.39, 0.29) is 5.91 Å². The summed E-state index contributed by atoms with van der Waals surface area (Å²) in [4.78, 5) is 18.9. The highest BCUT2D eigenvalue weighted by Crippen LogP contribution is 2.19. The largest absolute Gasteiger partial charge is 0.370 e. The van der Waals surface area contributed by atoms with Gasteiger partial charge in [0.1, 0.15) is 5.82 Å². The molecule has 0 saturated heterocycles. The summed E-state index contributed by atoms with van der Waals surface area (Å²) in [6, 6.07) is 11.7. The average Bonchev–Trinajstić information content (AvgIpc) is 2.60. The molecule has 0 aliphatic rings. The quantitative estimate of drug-likeness (QED) is 0.718. The van der Waals surface area contributed by atoms with Crippen LogP contribution in [0, 0.1) is 6.92 Å². The molecule has 0 unspecified atom stereocenters. The molecule has 2 aromatic rings. The Bertz CT molecular complexity index is 652. The second-order valence-corrected chi connectivity index (χ2v) is 5.95. The summed E-state index contributed by atoms with van der Waals surface area (Å²) in [6.07, 6.45) is 5.21. The lowest BCUT2D eigenvalue weighted by Gasteiger charge is -2.21.